The van der Waals surface area contributed by atoms with Crippen molar-refractivity contribution in [3.8, 4) is 0 Å². The number of unbranched alkanes of at least 4 members (excludes halogenated alkanes) is 3. The highest BCUT2D eigenvalue weighted by Crippen LogP contribution is 2.19. The Morgan fingerprint density at radius 2 is 1.70 bits per heavy atom. The van der Waals surface area contributed by atoms with E-state index in [-0.39, 0.29) is 13.1 Å². The van der Waals surface area contributed by atoms with Crippen LogP contribution in [0.1, 0.15) is 25.7 Å². The lowest BCUT2D eigenvalue weighted by molar-refractivity contribution is -0.252. The molecule has 0 unspecified atom stereocenters. The minimum absolute atomic E-state index is 0.203. The number of nitrogens with zero attached hydrogens (tertiary/aromatic N) is 1. The molecule has 2 rings (SSSR count). The molecule has 1 aliphatic heterocycles. The van der Waals surface area contributed by atoms with Gasteiger partial charge < -0.3 is 41.1 Å². The average Bonchev–Trinajstić information content (AvgIpc) is 2.77. The van der Waals surface area contributed by atoms with Crippen LogP contribution < -0.4 is 27.2 Å². The van der Waals surface area contributed by atoms with Crippen LogP contribution in [-0.2, 0) is 4.74 Å². The van der Waals surface area contributed by atoms with Gasteiger partial charge in [-0.2, -0.15) is 4.39 Å². The second kappa shape index (κ2) is 12.4. The molecule has 0 spiro atoms. The van der Waals surface area contributed by atoms with E-state index in [4.69, 9.17) is 9.84 Å². The maximum Gasteiger partial charge on any atom is 0.336 e. The Balaban J connectivity index is 1.59. The first-order valence-corrected chi connectivity index (χ1v) is 10.3. The van der Waals surface area contributed by atoms with Crippen LogP contribution >= 0.6 is 0 Å². The standard InChI is InChI=1S/C18H28FN5O9/c19-9-7-24(18(32)23-14(9)28)17(31)21-6-4-2-1-3-5-20-16(30)22-11-13(27)12(26)10(8-25)33-15(11)29/h7,10-13,15,25-27,29H,1-6,8H2,(H,21,31)(H2,20,22,30)(H,23,28,32)/t10-,11+,12+,13+,15-/m0/s1. The van der Waals surface area contributed by atoms with E-state index in [1.165, 1.54) is 0 Å². The highest BCUT2D eigenvalue weighted by Gasteiger charge is 2.44. The third-order valence-electron chi connectivity index (χ3n) is 4.98. The fourth-order valence-electron chi connectivity index (χ4n) is 3.14. The van der Waals surface area contributed by atoms with Gasteiger partial charge in [-0.3, -0.25) is 9.78 Å². The number of H-pyrrole nitrogens is 1. The SMILES string of the molecule is O=C(NCCCCCCNC(=O)n1cc(F)c(=O)[nH]c1=O)N[C@@H]1[C@@H](O)[C@H](O)[C@H](CO)O[C@@H]1O. The van der Waals surface area contributed by atoms with Gasteiger partial charge in [-0.05, 0) is 12.8 Å². The Morgan fingerprint density at radius 3 is 2.33 bits per heavy atom. The molecule has 0 bridgehead atoms. The lowest BCUT2D eigenvalue weighted by Gasteiger charge is -2.40. The zero-order valence-electron chi connectivity index (χ0n) is 17.6. The summed E-state index contributed by atoms with van der Waals surface area (Å²) in [6.45, 7) is -0.136. The molecule has 14 nitrogen and oxygen atoms in total. The van der Waals surface area contributed by atoms with E-state index in [0.29, 0.717) is 36.4 Å². The van der Waals surface area contributed by atoms with Crippen LogP contribution in [-0.4, -0.2) is 92.4 Å². The number of ether oxygens (including phenoxy) is 1. The number of carbonyl (C=O) groups is 2. The molecule has 3 amide bonds. The van der Waals surface area contributed by atoms with Crippen molar-refractivity contribution in [1.82, 2.24) is 25.5 Å². The average molecular weight is 477 g/mol. The molecule has 0 saturated carbocycles. The molecule has 1 aromatic heterocycles. The summed E-state index contributed by atoms with van der Waals surface area (Å²) >= 11 is 0. The smallest absolute Gasteiger partial charge is 0.336 e. The van der Waals surface area contributed by atoms with Gasteiger partial charge in [-0.1, -0.05) is 12.8 Å². The topological polar surface area (TPSA) is 215 Å². The third kappa shape index (κ3) is 7.33. The number of nitrogens with one attached hydrogen (secondary N) is 4. The summed E-state index contributed by atoms with van der Waals surface area (Å²) in [7, 11) is 0. The zero-order valence-corrected chi connectivity index (χ0v) is 17.6. The first-order chi connectivity index (χ1) is 15.6. The Labute approximate surface area is 186 Å². The summed E-state index contributed by atoms with van der Waals surface area (Å²) in [4.78, 5) is 47.9. The van der Waals surface area contributed by atoms with Crippen LogP contribution in [0.5, 0.6) is 0 Å². The van der Waals surface area contributed by atoms with Crippen molar-refractivity contribution in [3.05, 3.63) is 32.9 Å². The minimum Gasteiger partial charge on any atom is -0.394 e. The minimum atomic E-state index is -1.61. The fourth-order valence-corrected chi connectivity index (χ4v) is 3.14. The number of halogens is 1. The van der Waals surface area contributed by atoms with E-state index >= 15 is 0 Å². The van der Waals surface area contributed by atoms with Gasteiger partial charge in [0.05, 0.1) is 12.8 Å². The highest BCUT2D eigenvalue weighted by atomic mass is 19.1. The van der Waals surface area contributed by atoms with E-state index in [1.54, 1.807) is 4.98 Å². The van der Waals surface area contributed by atoms with Gasteiger partial charge in [0.15, 0.2) is 6.29 Å². The molecule has 2 heterocycles. The number of hydrogen-bond acceptors (Lipinski definition) is 9. The van der Waals surface area contributed by atoms with E-state index in [0.717, 1.165) is 0 Å². The largest absolute Gasteiger partial charge is 0.394 e. The van der Waals surface area contributed by atoms with Crippen molar-refractivity contribution in [3.63, 3.8) is 0 Å². The van der Waals surface area contributed by atoms with Crippen molar-refractivity contribution in [2.75, 3.05) is 19.7 Å². The van der Waals surface area contributed by atoms with Crippen LogP contribution in [0.25, 0.3) is 0 Å². The second-order valence-electron chi connectivity index (χ2n) is 7.41. The summed E-state index contributed by atoms with van der Waals surface area (Å²) in [5, 5.41) is 45.9. The van der Waals surface area contributed by atoms with Crippen molar-refractivity contribution in [2.45, 2.75) is 56.3 Å². The quantitative estimate of drug-likeness (QED) is 0.169. The first kappa shape index (κ1) is 26.4. The molecule has 1 aromatic rings. The van der Waals surface area contributed by atoms with Crippen LogP contribution in [0.3, 0.4) is 0 Å². The van der Waals surface area contributed by atoms with E-state index in [9.17, 15) is 38.9 Å². The first-order valence-electron chi connectivity index (χ1n) is 10.3. The number of urea groups is 1. The number of aliphatic hydroxyl groups is 4. The van der Waals surface area contributed by atoms with Crippen LogP contribution in [0.2, 0.25) is 0 Å². The van der Waals surface area contributed by atoms with Crippen LogP contribution in [0.15, 0.2) is 15.8 Å². The molecular weight excluding hydrogens is 449 g/mol. The van der Waals surface area contributed by atoms with Gasteiger partial charge in [0.1, 0.15) is 24.4 Å². The predicted octanol–water partition coefficient (Wildman–Crippen LogP) is -3.11. The molecular formula is C18H28FN5O9. The Hall–Kier alpha value is -2.85. The maximum atomic E-state index is 13.2. The maximum absolute atomic E-state index is 13.2. The van der Waals surface area contributed by atoms with Crippen molar-refractivity contribution < 1.29 is 39.1 Å². The lowest BCUT2D eigenvalue weighted by atomic mass is 9.97. The number of aromatic nitrogens is 2. The van der Waals surface area contributed by atoms with Gasteiger partial charge in [0, 0.05) is 13.1 Å². The highest BCUT2D eigenvalue weighted by molar-refractivity contribution is 5.76. The fraction of sp³-hybridized carbons (Fsp3) is 0.667. The predicted molar refractivity (Wildman–Crippen MR) is 109 cm³/mol. The molecule has 0 aromatic carbocycles. The van der Waals surface area contributed by atoms with Crippen LogP contribution in [0.4, 0.5) is 14.0 Å². The monoisotopic (exact) mass is 477 g/mol. The summed E-state index contributed by atoms with van der Waals surface area (Å²) in [6, 6.07) is -2.85. The molecule has 0 radical (unpaired) electrons. The second-order valence-corrected chi connectivity index (χ2v) is 7.41. The summed E-state index contributed by atoms with van der Waals surface area (Å²) in [5.74, 6) is -1.26. The number of aromatic amines is 1. The molecule has 186 valence electrons. The molecule has 15 heteroatoms. The Kier molecular flexibility index (Phi) is 9.93. The van der Waals surface area contributed by atoms with E-state index < -0.39 is 66.4 Å². The normalized spacial score (nSPS) is 24.8. The molecule has 8 N–H and O–H groups in total. The molecule has 1 fully saturated rings. The number of carbonyl (C=O) groups excluding carboxylic acids is 2. The molecule has 1 saturated heterocycles. The third-order valence-corrected chi connectivity index (χ3v) is 4.98. The number of hydrogen-bond donors (Lipinski definition) is 8. The number of amides is 3. The van der Waals surface area contributed by atoms with E-state index in [2.05, 4.69) is 16.0 Å². The Bertz CT molecular complexity index is 923. The molecule has 5 atom stereocenters. The lowest BCUT2D eigenvalue weighted by Crippen LogP contribution is -2.65. The zero-order chi connectivity index (χ0) is 24.5. The van der Waals surface area contributed by atoms with Gasteiger partial charge in [-0.25, -0.2) is 19.0 Å². The number of rotatable bonds is 9. The Morgan fingerprint density at radius 1 is 1.06 bits per heavy atom. The molecule has 0 aliphatic carbocycles. The van der Waals surface area contributed by atoms with Crippen molar-refractivity contribution >= 4 is 12.1 Å². The van der Waals surface area contributed by atoms with Gasteiger partial charge in [0.2, 0.25) is 5.82 Å². The molecule has 33 heavy (non-hydrogen) atoms. The number of aliphatic hydroxyl groups excluding tert-OH is 4. The van der Waals surface area contributed by atoms with Crippen molar-refractivity contribution in [1.29, 1.82) is 0 Å². The van der Waals surface area contributed by atoms with Crippen LogP contribution in [0, 0.1) is 5.82 Å². The van der Waals surface area contributed by atoms with E-state index in [1.807, 2.05) is 0 Å². The van der Waals surface area contributed by atoms with Gasteiger partial charge in [0.25, 0.3) is 5.56 Å². The summed E-state index contributed by atoms with van der Waals surface area (Å²) in [6.07, 6.45) is -2.81. The van der Waals surface area contributed by atoms with Gasteiger partial charge in [-0.15, -0.1) is 0 Å². The van der Waals surface area contributed by atoms with Crippen molar-refractivity contribution in [2.24, 2.45) is 0 Å². The summed E-state index contributed by atoms with van der Waals surface area (Å²) in [5.41, 5.74) is -2.26. The van der Waals surface area contributed by atoms with Gasteiger partial charge >= 0.3 is 17.8 Å². The molecule has 1 aliphatic rings. The summed E-state index contributed by atoms with van der Waals surface area (Å²) < 4.78 is 18.6.